The van der Waals surface area contributed by atoms with Crippen LogP contribution in [0.4, 0.5) is 10.8 Å². The first-order chi connectivity index (χ1) is 13.4. The van der Waals surface area contributed by atoms with Crippen LogP contribution in [0.25, 0.3) is 0 Å². The van der Waals surface area contributed by atoms with Crippen molar-refractivity contribution in [2.45, 2.75) is 23.1 Å². The summed E-state index contributed by atoms with van der Waals surface area (Å²) in [6, 6.07) is 14.2. The van der Waals surface area contributed by atoms with Crippen LogP contribution in [0.2, 0.25) is 0 Å². The van der Waals surface area contributed by atoms with Gasteiger partial charge in [-0.05, 0) is 36.9 Å². The molecule has 2 aromatic carbocycles. The topological polar surface area (TPSA) is 101 Å². The van der Waals surface area contributed by atoms with Crippen molar-refractivity contribution in [1.82, 2.24) is 10.2 Å². The predicted octanol–water partition coefficient (Wildman–Crippen LogP) is 4.01. The zero-order valence-corrected chi connectivity index (χ0v) is 17.6. The molecular formula is C18H18N4O3S3. The van der Waals surface area contributed by atoms with Gasteiger partial charge in [-0.15, -0.1) is 22.0 Å². The lowest BCUT2D eigenvalue weighted by Crippen LogP contribution is -2.13. The van der Waals surface area contributed by atoms with E-state index in [-0.39, 0.29) is 15.4 Å². The molecule has 1 amide bonds. The third kappa shape index (κ3) is 4.89. The number of aryl methyl sites for hydroxylation is 1. The molecule has 2 N–H and O–H groups in total. The van der Waals surface area contributed by atoms with Crippen LogP contribution < -0.4 is 10.0 Å². The first-order valence-corrected chi connectivity index (χ1v) is 11.6. The molecule has 3 rings (SSSR count). The van der Waals surface area contributed by atoms with Crippen molar-refractivity contribution in [3.8, 4) is 0 Å². The highest BCUT2D eigenvalue weighted by Crippen LogP contribution is 2.29. The van der Waals surface area contributed by atoms with E-state index in [1.54, 1.807) is 30.3 Å². The molecule has 0 saturated heterocycles. The van der Waals surface area contributed by atoms with Crippen molar-refractivity contribution in [3.63, 3.8) is 0 Å². The Morgan fingerprint density at radius 1 is 1.14 bits per heavy atom. The lowest BCUT2D eigenvalue weighted by Gasteiger charge is -2.09. The van der Waals surface area contributed by atoms with Gasteiger partial charge in [0.1, 0.15) is 0 Å². The average molecular weight is 435 g/mol. The summed E-state index contributed by atoms with van der Waals surface area (Å²) in [6.07, 6.45) is 0. The van der Waals surface area contributed by atoms with Crippen molar-refractivity contribution >= 4 is 49.8 Å². The SMILES string of the molecule is CCSc1ccccc1NS(=O)(=O)c1nnc(NC(=O)c2cccc(C)c2)s1. The Kier molecular flexibility index (Phi) is 6.32. The van der Waals surface area contributed by atoms with Gasteiger partial charge >= 0.3 is 0 Å². The van der Waals surface area contributed by atoms with E-state index in [0.717, 1.165) is 27.5 Å². The number of anilines is 2. The van der Waals surface area contributed by atoms with Gasteiger partial charge in [0.15, 0.2) is 0 Å². The standard InChI is InChI=1S/C18H18N4O3S3/c1-3-26-15-10-5-4-9-14(15)22-28(24,25)18-21-20-17(27-18)19-16(23)13-8-6-7-12(2)11-13/h4-11,22H,3H2,1-2H3,(H,19,20,23). The number of para-hydroxylation sites is 1. The van der Waals surface area contributed by atoms with Crippen LogP contribution in [0.5, 0.6) is 0 Å². The molecule has 0 saturated carbocycles. The van der Waals surface area contributed by atoms with Crippen LogP contribution in [0, 0.1) is 6.92 Å². The van der Waals surface area contributed by atoms with Crippen molar-refractivity contribution in [3.05, 3.63) is 59.7 Å². The highest BCUT2D eigenvalue weighted by molar-refractivity contribution is 7.99. The number of hydrogen-bond donors (Lipinski definition) is 2. The summed E-state index contributed by atoms with van der Waals surface area (Å²) in [5.41, 5.74) is 1.89. The molecule has 0 aliphatic heterocycles. The Morgan fingerprint density at radius 2 is 1.93 bits per heavy atom. The maximum absolute atomic E-state index is 12.6. The fourth-order valence-corrected chi connectivity index (χ4v) is 5.15. The van der Waals surface area contributed by atoms with Crippen LogP contribution in [0.15, 0.2) is 57.8 Å². The fraction of sp³-hybridized carbons (Fsp3) is 0.167. The number of amides is 1. The molecule has 3 aromatic rings. The van der Waals surface area contributed by atoms with Gasteiger partial charge in [-0.2, -0.15) is 8.42 Å². The number of nitrogens with one attached hydrogen (secondary N) is 2. The van der Waals surface area contributed by atoms with Gasteiger partial charge in [0.25, 0.3) is 20.3 Å². The molecule has 0 bridgehead atoms. The number of thioether (sulfide) groups is 1. The van der Waals surface area contributed by atoms with Gasteiger partial charge in [0.2, 0.25) is 5.13 Å². The summed E-state index contributed by atoms with van der Waals surface area (Å²) in [5, 5.41) is 10.2. The number of carbonyl (C=O) groups is 1. The molecule has 0 radical (unpaired) electrons. The van der Waals surface area contributed by atoms with Crippen LogP contribution in [0.3, 0.4) is 0 Å². The zero-order valence-electron chi connectivity index (χ0n) is 15.2. The number of benzene rings is 2. The highest BCUT2D eigenvalue weighted by atomic mass is 32.2. The number of carbonyl (C=O) groups excluding carboxylic acids is 1. The number of aromatic nitrogens is 2. The maximum Gasteiger partial charge on any atom is 0.291 e. The summed E-state index contributed by atoms with van der Waals surface area (Å²) < 4.78 is 27.6. The van der Waals surface area contributed by atoms with E-state index in [4.69, 9.17) is 0 Å². The minimum Gasteiger partial charge on any atom is -0.296 e. The third-order valence-electron chi connectivity index (χ3n) is 3.57. The third-order valence-corrected chi connectivity index (χ3v) is 7.10. The highest BCUT2D eigenvalue weighted by Gasteiger charge is 2.22. The quantitative estimate of drug-likeness (QED) is 0.430. The largest absolute Gasteiger partial charge is 0.296 e. The second-order valence-corrected chi connectivity index (χ2v) is 9.87. The Balaban J connectivity index is 1.76. The molecule has 0 fully saturated rings. The number of hydrogen-bond acceptors (Lipinski definition) is 7. The number of nitrogens with zero attached hydrogens (tertiary/aromatic N) is 2. The zero-order chi connectivity index (χ0) is 20.1. The normalized spacial score (nSPS) is 11.2. The first-order valence-electron chi connectivity index (χ1n) is 8.35. The van der Waals surface area contributed by atoms with E-state index in [2.05, 4.69) is 20.2 Å². The smallest absolute Gasteiger partial charge is 0.291 e. The second-order valence-electron chi connectivity index (χ2n) is 5.73. The fourth-order valence-electron chi connectivity index (χ4n) is 2.35. The van der Waals surface area contributed by atoms with E-state index in [1.165, 1.54) is 11.8 Å². The van der Waals surface area contributed by atoms with Crippen LogP contribution >= 0.6 is 23.1 Å². The molecule has 1 aromatic heterocycles. The van der Waals surface area contributed by atoms with E-state index < -0.39 is 10.0 Å². The molecule has 0 aliphatic rings. The molecule has 28 heavy (non-hydrogen) atoms. The van der Waals surface area contributed by atoms with Gasteiger partial charge in [-0.25, -0.2) is 0 Å². The molecule has 0 atom stereocenters. The van der Waals surface area contributed by atoms with Crippen molar-refractivity contribution < 1.29 is 13.2 Å². The van der Waals surface area contributed by atoms with Crippen molar-refractivity contribution in [1.29, 1.82) is 0 Å². The van der Waals surface area contributed by atoms with Crippen molar-refractivity contribution in [2.75, 3.05) is 15.8 Å². The molecule has 0 spiro atoms. The summed E-state index contributed by atoms with van der Waals surface area (Å²) in [5.74, 6) is 0.439. The van der Waals surface area contributed by atoms with Gasteiger partial charge in [-0.3, -0.25) is 14.8 Å². The lowest BCUT2D eigenvalue weighted by molar-refractivity contribution is 0.102. The Hall–Kier alpha value is -2.43. The van der Waals surface area contributed by atoms with E-state index >= 15 is 0 Å². The maximum atomic E-state index is 12.6. The number of rotatable bonds is 7. The van der Waals surface area contributed by atoms with Crippen LogP contribution in [0.1, 0.15) is 22.8 Å². The predicted molar refractivity (Wildman–Crippen MR) is 113 cm³/mol. The Labute approximate surface area is 171 Å². The molecule has 7 nitrogen and oxygen atoms in total. The monoisotopic (exact) mass is 434 g/mol. The molecule has 1 heterocycles. The van der Waals surface area contributed by atoms with Gasteiger partial charge in [0.05, 0.1) is 5.69 Å². The second kappa shape index (κ2) is 8.72. The van der Waals surface area contributed by atoms with E-state index in [9.17, 15) is 13.2 Å². The summed E-state index contributed by atoms with van der Waals surface area (Å²) in [4.78, 5) is 13.1. The first kappa shape index (κ1) is 20.3. The van der Waals surface area contributed by atoms with Crippen LogP contribution in [-0.2, 0) is 10.0 Å². The summed E-state index contributed by atoms with van der Waals surface area (Å²) in [7, 11) is -3.91. The van der Waals surface area contributed by atoms with Gasteiger partial charge in [0, 0.05) is 10.5 Å². The van der Waals surface area contributed by atoms with Crippen LogP contribution in [-0.4, -0.2) is 30.3 Å². The van der Waals surface area contributed by atoms with Gasteiger partial charge in [-0.1, -0.05) is 48.1 Å². The minimum absolute atomic E-state index is 0.114. The average Bonchev–Trinajstić information content (AvgIpc) is 3.13. The minimum atomic E-state index is -3.91. The molecule has 0 aliphatic carbocycles. The van der Waals surface area contributed by atoms with Crippen molar-refractivity contribution in [2.24, 2.45) is 0 Å². The Morgan fingerprint density at radius 3 is 2.68 bits per heavy atom. The molecule has 146 valence electrons. The molecular weight excluding hydrogens is 416 g/mol. The van der Waals surface area contributed by atoms with E-state index in [0.29, 0.717) is 11.3 Å². The summed E-state index contributed by atoms with van der Waals surface area (Å²) >= 11 is 2.33. The Bertz CT molecular complexity index is 1100. The molecule has 10 heteroatoms. The number of sulfonamides is 1. The van der Waals surface area contributed by atoms with Gasteiger partial charge < -0.3 is 0 Å². The molecule has 0 unspecified atom stereocenters. The van der Waals surface area contributed by atoms with E-state index in [1.807, 2.05) is 32.0 Å². The summed E-state index contributed by atoms with van der Waals surface area (Å²) in [6.45, 7) is 3.87. The lowest BCUT2D eigenvalue weighted by atomic mass is 10.1.